The van der Waals surface area contributed by atoms with Crippen molar-refractivity contribution in [3.05, 3.63) is 35.8 Å². The summed E-state index contributed by atoms with van der Waals surface area (Å²) in [5, 5.41) is 11.8. The number of aromatic amines is 1. The van der Waals surface area contributed by atoms with Gasteiger partial charge in [-0.1, -0.05) is 6.07 Å². The zero-order valence-corrected chi connectivity index (χ0v) is 9.61. The quantitative estimate of drug-likeness (QED) is 0.739. The Labute approximate surface area is 98.5 Å². The zero-order chi connectivity index (χ0) is 12.3. The number of anilines is 2. The highest BCUT2D eigenvalue weighted by atomic mass is 16.2. The molecule has 2 aromatic heterocycles. The lowest BCUT2D eigenvalue weighted by Gasteiger charge is -2.05. The maximum Gasteiger partial charge on any atom is 0.324 e. The van der Waals surface area contributed by atoms with Crippen LogP contribution in [0.2, 0.25) is 0 Å². The average molecular weight is 231 g/mol. The van der Waals surface area contributed by atoms with E-state index in [0.29, 0.717) is 11.5 Å². The molecule has 2 amide bonds. The Bertz CT molecular complexity index is 517. The molecule has 17 heavy (non-hydrogen) atoms. The zero-order valence-electron chi connectivity index (χ0n) is 9.61. The van der Waals surface area contributed by atoms with Crippen LogP contribution in [0.5, 0.6) is 0 Å². The van der Waals surface area contributed by atoms with Gasteiger partial charge >= 0.3 is 6.03 Å². The monoisotopic (exact) mass is 231 g/mol. The molecule has 0 fully saturated rings. The molecule has 0 spiro atoms. The molecule has 0 aliphatic carbocycles. The number of aromatic nitrogens is 3. The normalized spacial score (nSPS) is 10.0. The third-order valence-corrected chi connectivity index (χ3v) is 2.23. The number of pyridine rings is 1. The minimum atomic E-state index is -0.342. The van der Waals surface area contributed by atoms with Crippen molar-refractivity contribution in [3.63, 3.8) is 0 Å². The number of rotatable bonds is 2. The number of carbonyl (C=O) groups is 1. The van der Waals surface area contributed by atoms with Crippen molar-refractivity contribution < 1.29 is 4.79 Å². The van der Waals surface area contributed by atoms with Crippen molar-refractivity contribution in [1.29, 1.82) is 0 Å². The van der Waals surface area contributed by atoms with Gasteiger partial charge in [0.1, 0.15) is 5.82 Å². The van der Waals surface area contributed by atoms with Crippen LogP contribution in [-0.2, 0) is 0 Å². The number of H-pyrrole nitrogens is 1. The lowest BCUT2D eigenvalue weighted by molar-refractivity contribution is 0.262. The summed E-state index contributed by atoms with van der Waals surface area (Å²) in [7, 11) is 0. The highest BCUT2D eigenvalue weighted by Crippen LogP contribution is 2.10. The first-order chi connectivity index (χ1) is 8.15. The number of hydrogen-bond donors (Lipinski definition) is 3. The molecule has 0 atom stereocenters. The van der Waals surface area contributed by atoms with Crippen LogP contribution in [0.15, 0.2) is 24.5 Å². The fourth-order valence-corrected chi connectivity index (χ4v) is 1.29. The first kappa shape index (κ1) is 11.1. The van der Waals surface area contributed by atoms with E-state index in [-0.39, 0.29) is 6.03 Å². The molecule has 0 bridgehead atoms. The molecule has 0 aliphatic heterocycles. The first-order valence-electron chi connectivity index (χ1n) is 5.16. The fraction of sp³-hybridized carbons (Fsp3) is 0.182. The van der Waals surface area contributed by atoms with Gasteiger partial charge in [0.25, 0.3) is 0 Å². The van der Waals surface area contributed by atoms with Gasteiger partial charge in [-0.05, 0) is 25.5 Å². The van der Waals surface area contributed by atoms with Crippen LogP contribution in [0, 0.1) is 13.8 Å². The van der Waals surface area contributed by atoms with Gasteiger partial charge in [0.2, 0.25) is 0 Å². The largest absolute Gasteiger partial charge is 0.324 e. The molecule has 0 saturated heterocycles. The fourth-order valence-electron chi connectivity index (χ4n) is 1.29. The molecule has 2 rings (SSSR count). The van der Waals surface area contributed by atoms with Gasteiger partial charge in [-0.3, -0.25) is 10.4 Å². The van der Waals surface area contributed by atoms with Crippen LogP contribution >= 0.6 is 0 Å². The number of nitrogens with zero attached hydrogens (tertiary/aromatic N) is 2. The standard InChI is InChI=1S/C11H13N5O/c1-7-3-4-10(12-5-7)15-11(17)14-9-6-13-16-8(9)2/h3-6H,1-2H3,(H,13,16)(H2,12,14,15,17). The van der Waals surface area contributed by atoms with Gasteiger partial charge in [-0.2, -0.15) is 5.10 Å². The predicted octanol–water partition coefficient (Wildman–Crippen LogP) is 2.07. The van der Waals surface area contributed by atoms with E-state index in [9.17, 15) is 4.79 Å². The van der Waals surface area contributed by atoms with Crippen molar-refractivity contribution in [1.82, 2.24) is 15.2 Å². The topological polar surface area (TPSA) is 82.7 Å². The Morgan fingerprint density at radius 2 is 2.06 bits per heavy atom. The van der Waals surface area contributed by atoms with Crippen LogP contribution in [0.25, 0.3) is 0 Å². The van der Waals surface area contributed by atoms with Gasteiger partial charge < -0.3 is 5.32 Å². The van der Waals surface area contributed by atoms with Crippen molar-refractivity contribution in [3.8, 4) is 0 Å². The van der Waals surface area contributed by atoms with E-state index in [0.717, 1.165) is 11.3 Å². The molecule has 0 aliphatic rings. The summed E-state index contributed by atoms with van der Waals surface area (Å²) in [6, 6.07) is 3.29. The third kappa shape index (κ3) is 2.81. The van der Waals surface area contributed by atoms with E-state index in [4.69, 9.17) is 0 Å². The van der Waals surface area contributed by atoms with E-state index in [2.05, 4.69) is 25.8 Å². The Morgan fingerprint density at radius 1 is 1.24 bits per heavy atom. The van der Waals surface area contributed by atoms with Gasteiger partial charge in [-0.15, -0.1) is 0 Å². The Morgan fingerprint density at radius 3 is 2.65 bits per heavy atom. The Balaban J connectivity index is 1.98. The van der Waals surface area contributed by atoms with Gasteiger partial charge in [0.05, 0.1) is 17.6 Å². The van der Waals surface area contributed by atoms with Crippen molar-refractivity contribution >= 4 is 17.5 Å². The Kier molecular flexibility index (Phi) is 3.04. The third-order valence-electron chi connectivity index (χ3n) is 2.23. The van der Waals surface area contributed by atoms with E-state index in [1.807, 2.05) is 19.9 Å². The summed E-state index contributed by atoms with van der Waals surface area (Å²) in [5.74, 6) is 0.509. The smallest absolute Gasteiger partial charge is 0.305 e. The van der Waals surface area contributed by atoms with E-state index < -0.39 is 0 Å². The summed E-state index contributed by atoms with van der Waals surface area (Å²) in [6.07, 6.45) is 3.25. The van der Waals surface area contributed by atoms with Gasteiger partial charge in [0, 0.05) is 6.20 Å². The molecule has 0 radical (unpaired) electrons. The number of aryl methyl sites for hydroxylation is 2. The molecule has 0 saturated carbocycles. The van der Waals surface area contributed by atoms with Crippen molar-refractivity contribution in [2.75, 3.05) is 10.6 Å². The van der Waals surface area contributed by atoms with Gasteiger partial charge in [-0.25, -0.2) is 9.78 Å². The second-order valence-electron chi connectivity index (χ2n) is 3.71. The number of nitrogens with one attached hydrogen (secondary N) is 3. The number of amides is 2. The summed E-state index contributed by atoms with van der Waals surface area (Å²) >= 11 is 0. The molecule has 6 heteroatoms. The molecule has 2 aromatic rings. The Hall–Kier alpha value is -2.37. The molecule has 88 valence electrons. The summed E-state index contributed by atoms with van der Waals surface area (Å²) < 4.78 is 0. The average Bonchev–Trinajstić information content (AvgIpc) is 2.68. The maximum absolute atomic E-state index is 11.6. The molecule has 6 nitrogen and oxygen atoms in total. The van der Waals surface area contributed by atoms with Crippen molar-refractivity contribution in [2.24, 2.45) is 0 Å². The second-order valence-corrected chi connectivity index (χ2v) is 3.71. The minimum Gasteiger partial charge on any atom is -0.305 e. The number of hydrogen-bond acceptors (Lipinski definition) is 3. The van der Waals surface area contributed by atoms with E-state index >= 15 is 0 Å². The molecular formula is C11H13N5O. The van der Waals surface area contributed by atoms with Crippen LogP contribution in [-0.4, -0.2) is 21.2 Å². The van der Waals surface area contributed by atoms with Crippen molar-refractivity contribution in [2.45, 2.75) is 13.8 Å². The summed E-state index contributed by atoms with van der Waals surface area (Å²) in [6.45, 7) is 3.76. The maximum atomic E-state index is 11.6. The molecule has 0 aromatic carbocycles. The SMILES string of the molecule is Cc1ccc(NC(=O)Nc2cn[nH]c2C)nc1. The van der Waals surface area contributed by atoms with Crippen LogP contribution in [0.3, 0.4) is 0 Å². The molecular weight excluding hydrogens is 218 g/mol. The summed E-state index contributed by atoms with van der Waals surface area (Å²) in [4.78, 5) is 15.7. The van der Waals surface area contributed by atoms with E-state index in [1.54, 1.807) is 18.5 Å². The van der Waals surface area contributed by atoms with Gasteiger partial charge in [0.15, 0.2) is 0 Å². The number of urea groups is 1. The molecule has 2 heterocycles. The highest BCUT2D eigenvalue weighted by Gasteiger charge is 2.06. The molecule has 3 N–H and O–H groups in total. The number of carbonyl (C=O) groups excluding carboxylic acids is 1. The van der Waals surface area contributed by atoms with E-state index in [1.165, 1.54) is 0 Å². The minimum absolute atomic E-state index is 0.342. The van der Waals surface area contributed by atoms with Crippen LogP contribution in [0.4, 0.5) is 16.3 Å². The highest BCUT2D eigenvalue weighted by molar-refractivity contribution is 5.99. The lowest BCUT2D eigenvalue weighted by atomic mass is 10.3. The molecule has 0 unspecified atom stereocenters. The van der Waals surface area contributed by atoms with Crippen LogP contribution < -0.4 is 10.6 Å². The first-order valence-corrected chi connectivity index (χ1v) is 5.16. The lowest BCUT2D eigenvalue weighted by Crippen LogP contribution is -2.20. The van der Waals surface area contributed by atoms with Crippen LogP contribution in [0.1, 0.15) is 11.3 Å². The second kappa shape index (κ2) is 4.65. The predicted molar refractivity (Wildman–Crippen MR) is 64.9 cm³/mol. The summed E-state index contributed by atoms with van der Waals surface area (Å²) in [5.41, 5.74) is 2.49.